The lowest BCUT2D eigenvalue weighted by atomic mass is 9.67. The zero-order chi connectivity index (χ0) is 45.0. The number of aromatic nitrogens is 2. The zero-order valence-corrected chi connectivity index (χ0v) is 37.1. The van der Waals surface area contributed by atoms with Gasteiger partial charge < -0.3 is 4.42 Å². The Morgan fingerprint density at radius 3 is 1.54 bits per heavy atom. The summed E-state index contributed by atoms with van der Waals surface area (Å²) < 4.78 is 6.25. The molecule has 1 aliphatic rings. The highest BCUT2D eigenvalue weighted by molar-refractivity contribution is 6.06. The van der Waals surface area contributed by atoms with E-state index in [1.54, 1.807) is 0 Å². The molecule has 0 N–H and O–H groups in total. The van der Waals surface area contributed by atoms with Gasteiger partial charge >= 0.3 is 0 Å². The van der Waals surface area contributed by atoms with E-state index in [-0.39, 0.29) is 0 Å². The summed E-state index contributed by atoms with van der Waals surface area (Å²) in [5.74, 6) is 0.671. The predicted molar refractivity (Wildman–Crippen MR) is 279 cm³/mol. The van der Waals surface area contributed by atoms with E-state index in [0.717, 1.165) is 83.4 Å². The highest BCUT2D eigenvalue weighted by atomic mass is 16.3. The second-order valence-corrected chi connectivity index (χ2v) is 17.6. The summed E-state index contributed by atoms with van der Waals surface area (Å²) in [6.45, 7) is 0. The maximum Gasteiger partial charge on any atom is 0.160 e. The molecular formula is C65H42N2O. The number of nitrogens with zero attached hydrogens (tertiary/aromatic N) is 2. The smallest absolute Gasteiger partial charge is 0.160 e. The van der Waals surface area contributed by atoms with Gasteiger partial charge in [-0.05, 0) is 115 Å². The molecule has 0 fully saturated rings. The molecule has 13 rings (SSSR count). The van der Waals surface area contributed by atoms with Gasteiger partial charge in [0.15, 0.2) is 5.82 Å². The fourth-order valence-electron chi connectivity index (χ4n) is 10.7. The van der Waals surface area contributed by atoms with Crippen molar-refractivity contribution >= 4 is 21.9 Å². The monoisotopic (exact) mass is 866 g/mol. The Kier molecular flexibility index (Phi) is 9.40. The number of hydrogen-bond acceptors (Lipinski definition) is 3. The van der Waals surface area contributed by atoms with Gasteiger partial charge in [-0.3, -0.25) is 0 Å². The number of rotatable bonds is 8. The quantitative estimate of drug-likeness (QED) is 0.153. The Morgan fingerprint density at radius 1 is 0.279 bits per heavy atom. The molecule has 0 aliphatic heterocycles. The van der Waals surface area contributed by atoms with Gasteiger partial charge in [0, 0.05) is 27.5 Å². The van der Waals surface area contributed by atoms with E-state index in [0.29, 0.717) is 5.82 Å². The van der Waals surface area contributed by atoms with E-state index in [9.17, 15) is 0 Å². The lowest BCUT2D eigenvalue weighted by molar-refractivity contribution is 0.669. The van der Waals surface area contributed by atoms with Crippen LogP contribution in [-0.2, 0) is 5.41 Å². The highest BCUT2D eigenvalue weighted by Crippen LogP contribution is 2.57. The SMILES string of the molecule is c1ccc(-c2cc(-c3ccc4oc5ccccc5c4c3)cc(-c3cc(-c4ccccc4-c4ccc5c(c4)-c4ccccc4C5(c4ccccc4)c4ccccc4)nc(-c4ccccc4)n3)c2)cc1. The average Bonchev–Trinajstić information content (AvgIpc) is 3.95. The Bertz CT molecular complexity index is 3800. The van der Waals surface area contributed by atoms with Crippen molar-refractivity contribution in [2.75, 3.05) is 0 Å². The zero-order valence-electron chi connectivity index (χ0n) is 37.1. The average molecular weight is 867 g/mol. The molecule has 3 nitrogen and oxygen atoms in total. The van der Waals surface area contributed by atoms with Crippen LogP contribution in [0.5, 0.6) is 0 Å². The van der Waals surface area contributed by atoms with Crippen LogP contribution in [0.3, 0.4) is 0 Å². The molecule has 3 heteroatoms. The van der Waals surface area contributed by atoms with Crippen LogP contribution < -0.4 is 0 Å². The van der Waals surface area contributed by atoms with Gasteiger partial charge in [-0.15, -0.1) is 0 Å². The van der Waals surface area contributed by atoms with Crippen molar-refractivity contribution in [3.8, 4) is 78.4 Å². The molecule has 2 heterocycles. The summed E-state index contributed by atoms with van der Waals surface area (Å²) in [7, 11) is 0. The van der Waals surface area contributed by atoms with Crippen LogP contribution in [0.2, 0.25) is 0 Å². The second kappa shape index (κ2) is 16.2. The Balaban J connectivity index is 0.996. The third-order valence-electron chi connectivity index (χ3n) is 13.8. The number of fused-ring (bicyclic) bond motifs is 6. The minimum Gasteiger partial charge on any atom is -0.456 e. The molecule has 0 bridgehead atoms. The van der Waals surface area contributed by atoms with Gasteiger partial charge in [-0.2, -0.15) is 0 Å². The molecule has 68 heavy (non-hydrogen) atoms. The normalized spacial score (nSPS) is 12.5. The van der Waals surface area contributed by atoms with Crippen molar-refractivity contribution in [2.45, 2.75) is 5.41 Å². The van der Waals surface area contributed by atoms with Crippen molar-refractivity contribution < 1.29 is 4.42 Å². The predicted octanol–water partition coefficient (Wildman–Crippen LogP) is 16.7. The lowest BCUT2D eigenvalue weighted by Crippen LogP contribution is -2.28. The molecule has 1 aliphatic carbocycles. The van der Waals surface area contributed by atoms with E-state index >= 15 is 0 Å². The third kappa shape index (κ3) is 6.51. The molecule has 12 aromatic rings. The van der Waals surface area contributed by atoms with Crippen LogP contribution in [0.15, 0.2) is 259 Å². The van der Waals surface area contributed by atoms with Crippen LogP contribution in [0.1, 0.15) is 22.3 Å². The molecule has 0 spiro atoms. The molecule has 0 saturated carbocycles. The number of hydrogen-bond donors (Lipinski definition) is 0. The van der Waals surface area contributed by atoms with Gasteiger partial charge in [-0.1, -0.05) is 206 Å². The van der Waals surface area contributed by atoms with Crippen LogP contribution in [0.25, 0.3) is 100 Å². The van der Waals surface area contributed by atoms with E-state index < -0.39 is 5.41 Å². The van der Waals surface area contributed by atoms with Gasteiger partial charge in [0.25, 0.3) is 0 Å². The topological polar surface area (TPSA) is 38.9 Å². The molecule has 0 unspecified atom stereocenters. The minimum absolute atomic E-state index is 0.468. The highest BCUT2D eigenvalue weighted by Gasteiger charge is 2.46. The summed E-state index contributed by atoms with van der Waals surface area (Å²) in [5, 5.41) is 2.20. The standard InChI is InChI=1S/C65H42N2O/c1-5-19-43(20-6-1)47-37-48(45-34-36-63-57(40-45)55-30-16-18-32-62(55)68-63)39-49(38-47)60-42-61(67-64(66-60)44-21-7-2-8-22-44)54-29-14-13-27-52(54)46-33-35-59-56(41-46)53-28-15-17-31-58(53)65(59,50-23-9-3-10-24-50)51-25-11-4-12-26-51/h1-42H. The number of para-hydroxylation sites is 1. The molecule has 2 aromatic heterocycles. The first kappa shape index (κ1) is 39.4. The van der Waals surface area contributed by atoms with Gasteiger partial charge in [0.1, 0.15) is 11.2 Å². The molecule has 0 amide bonds. The summed E-state index contributed by atoms with van der Waals surface area (Å²) >= 11 is 0. The molecule has 0 saturated heterocycles. The fraction of sp³-hybridized carbons (Fsp3) is 0.0154. The van der Waals surface area contributed by atoms with Crippen LogP contribution in [0, 0.1) is 0 Å². The fourth-order valence-corrected chi connectivity index (χ4v) is 10.7. The molecule has 318 valence electrons. The lowest BCUT2D eigenvalue weighted by Gasteiger charge is -2.33. The van der Waals surface area contributed by atoms with Gasteiger partial charge in [0.2, 0.25) is 0 Å². The number of benzene rings is 10. The maximum atomic E-state index is 6.25. The first-order valence-corrected chi connectivity index (χ1v) is 23.2. The molecular weight excluding hydrogens is 825 g/mol. The molecule has 10 aromatic carbocycles. The van der Waals surface area contributed by atoms with Crippen molar-refractivity contribution in [3.05, 3.63) is 277 Å². The first-order chi connectivity index (χ1) is 33.7. The second-order valence-electron chi connectivity index (χ2n) is 17.6. The number of furan rings is 1. The van der Waals surface area contributed by atoms with Crippen molar-refractivity contribution in [3.63, 3.8) is 0 Å². The Hall–Kier alpha value is -8.92. The van der Waals surface area contributed by atoms with E-state index in [4.69, 9.17) is 14.4 Å². The third-order valence-corrected chi connectivity index (χ3v) is 13.8. The van der Waals surface area contributed by atoms with Crippen molar-refractivity contribution in [1.29, 1.82) is 0 Å². The molecule has 0 atom stereocenters. The van der Waals surface area contributed by atoms with Crippen molar-refractivity contribution in [1.82, 2.24) is 9.97 Å². The van der Waals surface area contributed by atoms with Crippen LogP contribution >= 0.6 is 0 Å². The Labute approximate surface area is 395 Å². The Morgan fingerprint density at radius 2 is 0.809 bits per heavy atom. The summed E-state index contributed by atoms with van der Waals surface area (Å²) in [6.07, 6.45) is 0. The summed E-state index contributed by atoms with van der Waals surface area (Å²) in [6, 6.07) is 91.3. The summed E-state index contributed by atoms with van der Waals surface area (Å²) in [5.41, 5.74) is 20.2. The van der Waals surface area contributed by atoms with Crippen LogP contribution in [0.4, 0.5) is 0 Å². The minimum atomic E-state index is -0.468. The van der Waals surface area contributed by atoms with Crippen molar-refractivity contribution in [2.24, 2.45) is 0 Å². The van der Waals surface area contributed by atoms with Gasteiger partial charge in [-0.25, -0.2) is 9.97 Å². The van der Waals surface area contributed by atoms with E-state index in [2.05, 4.69) is 237 Å². The van der Waals surface area contributed by atoms with E-state index in [1.165, 1.54) is 33.4 Å². The maximum absolute atomic E-state index is 6.25. The van der Waals surface area contributed by atoms with Crippen LogP contribution in [-0.4, -0.2) is 9.97 Å². The molecule has 0 radical (unpaired) electrons. The first-order valence-electron chi connectivity index (χ1n) is 23.2. The summed E-state index contributed by atoms with van der Waals surface area (Å²) in [4.78, 5) is 10.8. The largest absolute Gasteiger partial charge is 0.456 e. The van der Waals surface area contributed by atoms with E-state index in [1.807, 2.05) is 18.2 Å². The van der Waals surface area contributed by atoms with Gasteiger partial charge in [0.05, 0.1) is 16.8 Å².